The lowest BCUT2D eigenvalue weighted by Gasteiger charge is -2.29. The Balaban J connectivity index is 2.20. The van der Waals surface area contributed by atoms with Gasteiger partial charge in [0, 0.05) is 22.2 Å². The van der Waals surface area contributed by atoms with Crippen LogP contribution in [0.15, 0.2) is 28.7 Å². The van der Waals surface area contributed by atoms with Gasteiger partial charge in [-0.2, -0.15) is 0 Å². The van der Waals surface area contributed by atoms with Gasteiger partial charge in [-0.3, -0.25) is 10.1 Å². The predicted octanol–water partition coefficient (Wildman–Crippen LogP) is 2.39. The maximum Gasteiger partial charge on any atom is 0.238 e. The van der Waals surface area contributed by atoms with E-state index >= 15 is 0 Å². The van der Waals surface area contributed by atoms with E-state index in [1.54, 1.807) is 0 Å². The van der Waals surface area contributed by atoms with Crippen molar-refractivity contribution in [2.24, 2.45) is 0 Å². The molecule has 1 aromatic rings. The molecule has 2 rings (SSSR count). The van der Waals surface area contributed by atoms with Crippen LogP contribution >= 0.6 is 15.9 Å². The van der Waals surface area contributed by atoms with Gasteiger partial charge in [0.1, 0.15) is 0 Å². The van der Waals surface area contributed by atoms with E-state index < -0.39 is 5.54 Å². The molecule has 0 amide bonds. The molecule has 0 radical (unpaired) electrons. The molecule has 1 N–H and O–H groups in total. The summed E-state index contributed by atoms with van der Waals surface area (Å²) in [5.74, 6) is 0. The molecular formula is C12H15BrN2O2. The number of nitrogens with one attached hydrogen (secondary N) is 1. The molecule has 0 saturated carbocycles. The van der Waals surface area contributed by atoms with E-state index in [-0.39, 0.29) is 4.92 Å². The lowest BCUT2D eigenvalue weighted by molar-refractivity contribution is -0.570. The quantitative estimate of drug-likeness (QED) is 0.689. The van der Waals surface area contributed by atoms with Crippen LogP contribution in [0, 0.1) is 10.1 Å². The Kier molecular flexibility index (Phi) is 3.79. The smallest absolute Gasteiger partial charge is 0.238 e. The number of hydrogen-bond donors (Lipinski definition) is 1. The highest BCUT2D eigenvalue weighted by molar-refractivity contribution is 9.10. The van der Waals surface area contributed by atoms with Crippen LogP contribution in [0.25, 0.3) is 0 Å². The van der Waals surface area contributed by atoms with Crippen LogP contribution in [-0.2, 0) is 6.42 Å². The van der Waals surface area contributed by atoms with Crippen molar-refractivity contribution < 1.29 is 4.92 Å². The van der Waals surface area contributed by atoms with E-state index in [0.717, 1.165) is 23.0 Å². The SMILES string of the molecule is O=[N+]([O-])C1(Cc2cccc(Br)c2)CCCNC1. The third-order valence-electron chi connectivity index (χ3n) is 3.26. The maximum absolute atomic E-state index is 11.3. The first-order chi connectivity index (χ1) is 8.12. The molecule has 1 fully saturated rings. The Morgan fingerprint density at radius 3 is 2.94 bits per heavy atom. The van der Waals surface area contributed by atoms with Crippen LogP contribution in [0.3, 0.4) is 0 Å². The zero-order valence-electron chi connectivity index (χ0n) is 9.49. The van der Waals surface area contributed by atoms with E-state index in [2.05, 4.69) is 21.2 Å². The van der Waals surface area contributed by atoms with E-state index in [0.29, 0.717) is 19.4 Å². The van der Waals surface area contributed by atoms with Gasteiger partial charge in [-0.05, 0) is 30.7 Å². The second kappa shape index (κ2) is 5.14. The minimum Gasteiger partial charge on any atom is -0.310 e. The summed E-state index contributed by atoms with van der Waals surface area (Å²) in [7, 11) is 0. The molecule has 0 bridgehead atoms. The molecule has 17 heavy (non-hydrogen) atoms. The van der Waals surface area contributed by atoms with Gasteiger partial charge in [0.2, 0.25) is 5.54 Å². The van der Waals surface area contributed by atoms with Gasteiger partial charge in [-0.1, -0.05) is 28.1 Å². The summed E-state index contributed by atoms with van der Waals surface area (Å²) in [4.78, 5) is 11.2. The molecule has 5 heteroatoms. The Hall–Kier alpha value is -0.940. The Bertz CT molecular complexity index is 417. The van der Waals surface area contributed by atoms with Gasteiger partial charge in [-0.15, -0.1) is 0 Å². The molecule has 1 heterocycles. The Morgan fingerprint density at radius 2 is 2.35 bits per heavy atom. The van der Waals surface area contributed by atoms with Crippen LogP contribution in [0.5, 0.6) is 0 Å². The van der Waals surface area contributed by atoms with Crippen LogP contribution in [0.2, 0.25) is 0 Å². The number of nitrogens with zero attached hydrogens (tertiary/aromatic N) is 1. The highest BCUT2D eigenvalue weighted by Gasteiger charge is 2.43. The Labute approximate surface area is 109 Å². The first-order valence-corrected chi connectivity index (χ1v) is 6.51. The highest BCUT2D eigenvalue weighted by atomic mass is 79.9. The second-order valence-electron chi connectivity index (χ2n) is 4.57. The van der Waals surface area contributed by atoms with Crippen molar-refractivity contribution >= 4 is 15.9 Å². The van der Waals surface area contributed by atoms with Crippen molar-refractivity contribution in [3.05, 3.63) is 44.4 Å². The van der Waals surface area contributed by atoms with Crippen LogP contribution in [-0.4, -0.2) is 23.6 Å². The molecule has 0 aromatic heterocycles. The third kappa shape index (κ3) is 2.84. The summed E-state index contributed by atoms with van der Waals surface area (Å²) in [6.07, 6.45) is 2.01. The molecule has 1 aliphatic heterocycles. The van der Waals surface area contributed by atoms with Crippen molar-refractivity contribution in [3.8, 4) is 0 Å². The van der Waals surface area contributed by atoms with Crippen molar-refractivity contribution in [2.45, 2.75) is 24.8 Å². The van der Waals surface area contributed by atoms with Crippen LogP contribution in [0.1, 0.15) is 18.4 Å². The third-order valence-corrected chi connectivity index (χ3v) is 3.75. The fourth-order valence-corrected chi connectivity index (χ4v) is 2.80. The molecule has 1 aliphatic rings. The zero-order chi connectivity index (χ0) is 12.3. The largest absolute Gasteiger partial charge is 0.310 e. The second-order valence-corrected chi connectivity index (χ2v) is 5.48. The summed E-state index contributed by atoms with van der Waals surface area (Å²) >= 11 is 3.40. The average Bonchev–Trinajstić information content (AvgIpc) is 2.30. The number of piperidine rings is 1. The number of nitro groups is 1. The van der Waals surface area contributed by atoms with Gasteiger partial charge in [0.25, 0.3) is 0 Å². The maximum atomic E-state index is 11.3. The van der Waals surface area contributed by atoms with Gasteiger partial charge in [-0.25, -0.2) is 0 Å². The standard InChI is InChI=1S/C12H15BrN2O2/c13-11-4-1-3-10(7-11)8-12(15(16)17)5-2-6-14-9-12/h1,3-4,7,14H,2,5-6,8-9H2. The first-order valence-electron chi connectivity index (χ1n) is 5.72. The molecule has 0 spiro atoms. The van der Waals surface area contributed by atoms with E-state index in [9.17, 15) is 10.1 Å². The molecule has 1 aromatic carbocycles. The lowest BCUT2D eigenvalue weighted by Crippen LogP contribution is -2.52. The fourth-order valence-electron chi connectivity index (χ4n) is 2.35. The molecule has 4 nitrogen and oxygen atoms in total. The summed E-state index contributed by atoms with van der Waals surface area (Å²) in [5, 5.41) is 14.5. The number of halogens is 1. The van der Waals surface area contributed by atoms with Crippen LogP contribution in [0.4, 0.5) is 0 Å². The van der Waals surface area contributed by atoms with E-state index in [1.165, 1.54) is 0 Å². The fraction of sp³-hybridized carbons (Fsp3) is 0.500. The topological polar surface area (TPSA) is 55.2 Å². The molecule has 1 unspecified atom stereocenters. The van der Waals surface area contributed by atoms with Crippen molar-refractivity contribution in [3.63, 3.8) is 0 Å². The summed E-state index contributed by atoms with van der Waals surface area (Å²) in [6.45, 7) is 1.35. The van der Waals surface area contributed by atoms with E-state index in [1.807, 2.05) is 24.3 Å². The Morgan fingerprint density at radius 1 is 1.53 bits per heavy atom. The monoisotopic (exact) mass is 298 g/mol. The van der Waals surface area contributed by atoms with Crippen molar-refractivity contribution in [2.75, 3.05) is 13.1 Å². The predicted molar refractivity (Wildman–Crippen MR) is 69.7 cm³/mol. The summed E-state index contributed by atoms with van der Waals surface area (Å²) < 4.78 is 0.970. The number of benzene rings is 1. The number of hydrogen-bond acceptors (Lipinski definition) is 3. The molecular weight excluding hydrogens is 284 g/mol. The molecule has 1 saturated heterocycles. The van der Waals surface area contributed by atoms with Gasteiger partial charge in [0.05, 0.1) is 6.54 Å². The van der Waals surface area contributed by atoms with Crippen LogP contribution < -0.4 is 5.32 Å². The lowest BCUT2D eigenvalue weighted by atomic mass is 9.84. The molecule has 92 valence electrons. The van der Waals surface area contributed by atoms with E-state index in [4.69, 9.17) is 0 Å². The average molecular weight is 299 g/mol. The molecule has 0 aliphatic carbocycles. The minimum absolute atomic E-state index is 0.111. The number of rotatable bonds is 3. The summed E-state index contributed by atoms with van der Waals surface area (Å²) in [5.41, 5.74) is 0.179. The summed E-state index contributed by atoms with van der Waals surface area (Å²) in [6, 6.07) is 7.76. The van der Waals surface area contributed by atoms with Gasteiger partial charge >= 0.3 is 0 Å². The van der Waals surface area contributed by atoms with Gasteiger partial charge < -0.3 is 5.32 Å². The highest BCUT2D eigenvalue weighted by Crippen LogP contribution is 2.26. The van der Waals surface area contributed by atoms with Gasteiger partial charge in [0.15, 0.2) is 0 Å². The minimum atomic E-state index is -0.834. The zero-order valence-corrected chi connectivity index (χ0v) is 11.1. The van der Waals surface area contributed by atoms with Crippen molar-refractivity contribution in [1.29, 1.82) is 0 Å². The normalized spacial score (nSPS) is 24.5. The molecule has 1 atom stereocenters. The van der Waals surface area contributed by atoms with Crippen molar-refractivity contribution in [1.82, 2.24) is 5.32 Å². The first kappa shape index (κ1) is 12.5.